The molecule has 0 saturated heterocycles. The molecule has 0 fully saturated rings. The maximum atomic E-state index is 12.3. The van der Waals surface area contributed by atoms with Crippen LogP contribution in [0.25, 0.3) is 0 Å². The van der Waals surface area contributed by atoms with Gasteiger partial charge in [-0.15, -0.1) is 0 Å². The maximum Gasteiger partial charge on any atom is 0.263 e. The van der Waals surface area contributed by atoms with Gasteiger partial charge in [0.05, 0.1) is 22.0 Å². The molecule has 0 spiro atoms. The molecule has 0 amide bonds. The number of hydrogen-bond acceptors (Lipinski definition) is 4. The van der Waals surface area contributed by atoms with Crippen LogP contribution in [0.3, 0.4) is 0 Å². The first-order valence-electron chi connectivity index (χ1n) is 5.61. The molecule has 0 aliphatic rings. The molecule has 2 aromatic rings. The molecule has 0 saturated carbocycles. The second kappa shape index (κ2) is 5.93. The number of benzene rings is 2. The zero-order valence-corrected chi connectivity index (χ0v) is 13.6. The highest BCUT2D eigenvalue weighted by molar-refractivity contribution is 9.10. The van der Waals surface area contributed by atoms with Crippen molar-refractivity contribution in [1.82, 2.24) is 0 Å². The first-order valence-corrected chi connectivity index (χ1v) is 8.26. The number of nitrogens with one attached hydrogen (secondary N) is 1. The molecule has 0 atom stereocenters. The normalized spacial score (nSPS) is 10.9. The van der Waals surface area contributed by atoms with Gasteiger partial charge in [0.15, 0.2) is 0 Å². The summed E-state index contributed by atoms with van der Waals surface area (Å²) in [6, 6.07) is 10.6. The number of nitriles is 1. The summed E-state index contributed by atoms with van der Waals surface area (Å²) >= 11 is 9.08. The van der Waals surface area contributed by atoms with Crippen LogP contribution in [-0.2, 0) is 10.0 Å². The highest BCUT2D eigenvalue weighted by Gasteiger charge is 2.18. The second-order valence-corrected chi connectivity index (χ2v) is 7.07. The van der Waals surface area contributed by atoms with Gasteiger partial charge in [0.1, 0.15) is 11.0 Å². The van der Waals surface area contributed by atoms with Crippen LogP contribution in [0.15, 0.2) is 45.8 Å². The lowest BCUT2D eigenvalue weighted by Gasteiger charge is -2.11. The third-order valence-corrected chi connectivity index (χ3v) is 4.86. The van der Waals surface area contributed by atoms with Crippen molar-refractivity contribution in [2.24, 2.45) is 0 Å². The number of nitrogens with two attached hydrogens (primary N) is 1. The minimum absolute atomic E-state index is 0.0359. The minimum atomic E-state index is -3.83. The summed E-state index contributed by atoms with van der Waals surface area (Å²) in [5, 5.41) is 8.96. The van der Waals surface area contributed by atoms with Crippen LogP contribution in [0.1, 0.15) is 5.56 Å². The van der Waals surface area contributed by atoms with Crippen molar-refractivity contribution < 1.29 is 8.42 Å². The summed E-state index contributed by atoms with van der Waals surface area (Å²) < 4.78 is 27.6. The molecule has 2 aromatic carbocycles. The zero-order chi connectivity index (χ0) is 15.6. The van der Waals surface area contributed by atoms with Crippen LogP contribution in [0, 0.1) is 11.3 Å². The van der Waals surface area contributed by atoms with Crippen LogP contribution in [0.4, 0.5) is 11.4 Å². The van der Waals surface area contributed by atoms with Crippen LogP contribution in [-0.4, -0.2) is 8.42 Å². The molecule has 21 heavy (non-hydrogen) atoms. The van der Waals surface area contributed by atoms with E-state index in [-0.39, 0.29) is 26.9 Å². The van der Waals surface area contributed by atoms with E-state index in [9.17, 15) is 8.42 Å². The Hall–Kier alpha value is -1.75. The van der Waals surface area contributed by atoms with E-state index in [2.05, 4.69) is 20.7 Å². The van der Waals surface area contributed by atoms with Gasteiger partial charge in [-0.05, 0) is 36.4 Å². The Balaban J connectivity index is 2.38. The monoisotopic (exact) mass is 385 g/mol. The molecule has 0 aromatic heterocycles. The van der Waals surface area contributed by atoms with Gasteiger partial charge < -0.3 is 5.73 Å². The van der Waals surface area contributed by atoms with Crippen molar-refractivity contribution >= 4 is 48.9 Å². The molecule has 0 bridgehead atoms. The van der Waals surface area contributed by atoms with E-state index in [1.165, 1.54) is 30.3 Å². The maximum absolute atomic E-state index is 12.3. The smallest absolute Gasteiger partial charge is 0.263 e. The molecule has 3 N–H and O–H groups in total. The Morgan fingerprint density at radius 1 is 1.24 bits per heavy atom. The Morgan fingerprint density at radius 3 is 2.52 bits per heavy atom. The number of anilines is 2. The van der Waals surface area contributed by atoms with Gasteiger partial charge in [-0.25, -0.2) is 8.42 Å². The summed E-state index contributed by atoms with van der Waals surface area (Å²) in [5.74, 6) is 0. The summed E-state index contributed by atoms with van der Waals surface area (Å²) in [4.78, 5) is -0.0359. The fourth-order valence-electron chi connectivity index (χ4n) is 1.64. The number of halogens is 2. The van der Waals surface area contributed by atoms with Crippen LogP contribution in [0.5, 0.6) is 0 Å². The van der Waals surface area contributed by atoms with Crippen LogP contribution >= 0.6 is 27.5 Å². The van der Waals surface area contributed by atoms with E-state index >= 15 is 0 Å². The Morgan fingerprint density at radius 2 is 1.95 bits per heavy atom. The van der Waals surface area contributed by atoms with Crippen molar-refractivity contribution in [2.45, 2.75) is 4.90 Å². The molecule has 0 unspecified atom stereocenters. The molecule has 0 radical (unpaired) electrons. The Bertz CT molecular complexity index is 847. The minimum Gasteiger partial charge on any atom is -0.398 e. The average molecular weight is 387 g/mol. The number of rotatable bonds is 3. The van der Waals surface area contributed by atoms with Gasteiger partial charge in [-0.3, -0.25) is 4.72 Å². The highest BCUT2D eigenvalue weighted by atomic mass is 79.9. The summed E-state index contributed by atoms with van der Waals surface area (Å²) in [5.41, 5.74) is 6.36. The van der Waals surface area contributed by atoms with Crippen LogP contribution < -0.4 is 10.5 Å². The number of nitrogen functional groups attached to an aromatic ring is 1. The van der Waals surface area contributed by atoms with Gasteiger partial charge in [-0.2, -0.15) is 5.26 Å². The van der Waals surface area contributed by atoms with Crippen molar-refractivity contribution in [3.05, 3.63) is 51.5 Å². The third-order valence-electron chi connectivity index (χ3n) is 2.60. The average Bonchev–Trinajstić information content (AvgIpc) is 2.37. The first-order chi connectivity index (χ1) is 9.83. The van der Waals surface area contributed by atoms with E-state index in [4.69, 9.17) is 22.6 Å². The van der Waals surface area contributed by atoms with Gasteiger partial charge in [-0.1, -0.05) is 27.5 Å². The van der Waals surface area contributed by atoms with E-state index in [1.807, 2.05) is 6.07 Å². The summed E-state index contributed by atoms with van der Waals surface area (Å²) in [6.45, 7) is 0. The number of sulfonamides is 1. The van der Waals surface area contributed by atoms with Gasteiger partial charge >= 0.3 is 0 Å². The lowest BCUT2D eigenvalue weighted by atomic mass is 10.2. The fraction of sp³-hybridized carbons (Fsp3) is 0. The molecule has 8 heteroatoms. The standard InChI is InChI=1S/C13H9BrClN3O2S/c14-9-2-4-13(12(17)5-9)21(19,20)18-10-3-1-8(7-16)11(15)6-10/h1-6,18H,17H2. The zero-order valence-electron chi connectivity index (χ0n) is 10.5. The van der Waals surface area contributed by atoms with E-state index < -0.39 is 10.0 Å². The van der Waals surface area contributed by atoms with E-state index in [1.54, 1.807) is 6.07 Å². The summed E-state index contributed by atoms with van der Waals surface area (Å²) in [7, 11) is -3.83. The van der Waals surface area contributed by atoms with Crippen molar-refractivity contribution in [1.29, 1.82) is 5.26 Å². The molecule has 0 heterocycles. The second-order valence-electron chi connectivity index (χ2n) is 4.09. The lowest BCUT2D eigenvalue weighted by molar-refractivity contribution is 0.601. The topological polar surface area (TPSA) is 96.0 Å². The van der Waals surface area contributed by atoms with Gasteiger partial charge in [0, 0.05) is 4.47 Å². The quantitative estimate of drug-likeness (QED) is 0.791. The van der Waals surface area contributed by atoms with E-state index in [0.717, 1.165) is 0 Å². The Kier molecular flexibility index (Phi) is 4.42. The first kappa shape index (κ1) is 15.6. The molecule has 0 aliphatic heterocycles. The lowest BCUT2D eigenvalue weighted by Crippen LogP contribution is -2.14. The van der Waals surface area contributed by atoms with Crippen molar-refractivity contribution in [3.8, 4) is 6.07 Å². The number of nitrogens with zero attached hydrogens (tertiary/aromatic N) is 1. The predicted octanol–water partition coefficient (Wildman–Crippen LogP) is 3.36. The molecule has 5 nitrogen and oxygen atoms in total. The predicted molar refractivity (Wildman–Crippen MR) is 85.5 cm³/mol. The van der Waals surface area contributed by atoms with E-state index in [0.29, 0.717) is 4.47 Å². The number of hydrogen-bond donors (Lipinski definition) is 2. The molecular formula is C13H9BrClN3O2S. The highest BCUT2D eigenvalue weighted by Crippen LogP contribution is 2.26. The largest absolute Gasteiger partial charge is 0.398 e. The summed E-state index contributed by atoms with van der Waals surface area (Å²) in [6.07, 6.45) is 0. The third kappa shape index (κ3) is 3.47. The fourth-order valence-corrected chi connectivity index (χ4v) is 3.41. The Labute approximate surface area is 135 Å². The van der Waals surface area contributed by atoms with Crippen LogP contribution in [0.2, 0.25) is 5.02 Å². The molecule has 108 valence electrons. The molecule has 2 rings (SSSR count). The van der Waals surface area contributed by atoms with Crippen molar-refractivity contribution in [2.75, 3.05) is 10.5 Å². The SMILES string of the molecule is N#Cc1ccc(NS(=O)(=O)c2ccc(Br)cc2N)cc1Cl. The molecule has 0 aliphatic carbocycles. The van der Waals surface area contributed by atoms with Gasteiger partial charge in [0.25, 0.3) is 10.0 Å². The van der Waals surface area contributed by atoms with Gasteiger partial charge in [0.2, 0.25) is 0 Å². The van der Waals surface area contributed by atoms with Crippen molar-refractivity contribution in [3.63, 3.8) is 0 Å². The molecular weight excluding hydrogens is 378 g/mol.